The Morgan fingerprint density at radius 2 is 1.67 bits per heavy atom. The number of nitrogens with zero attached hydrogens (tertiary/aromatic N) is 2. The van der Waals surface area contributed by atoms with Crippen LogP contribution in [-0.2, 0) is 4.79 Å². The molecule has 2 heterocycles. The van der Waals surface area contributed by atoms with Crippen molar-refractivity contribution in [2.24, 2.45) is 5.92 Å². The average Bonchev–Trinajstić information content (AvgIpc) is 2.61. The van der Waals surface area contributed by atoms with Crippen LogP contribution in [0.4, 0.5) is 0 Å². The Morgan fingerprint density at radius 1 is 1.04 bits per heavy atom. The smallest absolute Gasteiger partial charge is 0.254 e. The first-order chi connectivity index (χ1) is 11.1. The van der Waals surface area contributed by atoms with Crippen molar-refractivity contribution in [2.75, 3.05) is 39.3 Å². The number of piperazine rings is 1. The molecule has 2 fully saturated rings. The van der Waals surface area contributed by atoms with Gasteiger partial charge in [-0.05, 0) is 44.1 Å². The monoisotopic (exact) mass is 371 g/mol. The Balaban J connectivity index is 0.00000208. The standard InChI is InChI=1S/C17H22ClN3O2.ClH/c18-15-3-1-2-14(12-15)17(23)21-10-8-20(9-11-21)16(22)13-4-6-19-7-5-13;/h1-3,12-13,19H,4-11H2;1H. The molecule has 2 aliphatic heterocycles. The van der Waals surface area contributed by atoms with Gasteiger partial charge in [0.05, 0.1) is 0 Å². The fourth-order valence-corrected chi connectivity index (χ4v) is 3.45. The Bertz CT molecular complexity index is 583. The van der Waals surface area contributed by atoms with Crippen LogP contribution in [-0.4, -0.2) is 60.9 Å². The van der Waals surface area contributed by atoms with Crippen molar-refractivity contribution in [2.45, 2.75) is 12.8 Å². The average molecular weight is 372 g/mol. The van der Waals surface area contributed by atoms with Crippen molar-refractivity contribution in [3.8, 4) is 0 Å². The van der Waals surface area contributed by atoms with Gasteiger partial charge < -0.3 is 15.1 Å². The van der Waals surface area contributed by atoms with Crippen molar-refractivity contribution >= 4 is 35.8 Å². The van der Waals surface area contributed by atoms with Gasteiger partial charge in [0.15, 0.2) is 0 Å². The Hall–Kier alpha value is -1.30. The number of halogens is 2. The Kier molecular flexibility index (Phi) is 6.90. The molecule has 2 amide bonds. The molecule has 2 aliphatic rings. The van der Waals surface area contributed by atoms with Gasteiger partial charge in [-0.15, -0.1) is 12.4 Å². The maximum absolute atomic E-state index is 12.5. The summed E-state index contributed by atoms with van der Waals surface area (Å²) in [4.78, 5) is 28.7. The Labute approximate surface area is 153 Å². The lowest BCUT2D eigenvalue weighted by Crippen LogP contribution is -2.52. The first kappa shape index (κ1) is 19.0. The number of carbonyl (C=O) groups excluding carboxylic acids is 2. The molecule has 3 rings (SSSR count). The van der Waals surface area contributed by atoms with Gasteiger partial charge >= 0.3 is 0 Å². The zero-order valence-electron chi connectivity index (χ0n) is 13.5. The van der Waals surface area contributed by atoms with Gasteiger partial charge in [0.1, 0.15) is 0 Å². The zero-order valence-corrected chi connectivity index (χ0v) is 15.1. The molecule has 0 unspecified atom stereocenters. The van der Waals surface area contributed by atoms with Crippen LogP contribution in [0.25, 0.3) is 0 Å². The van der Waals surface area contributed by atoms with Gasteiger partial charge in [0.2, 0.25) is 5.91 Å². The number of rotatable bonds is 2. The lowest BCUT2D eigenvalue weighted by atomic mass is 9.96. The highest BCUT2D eigenvalue weighted by molar-refractivity contribution is 6.30. The highest BCUT2D eigenvalue weighted by Crippen LogP contribution is 2.18. The number of hydrogen-bond donors (Lipinski definition) is 1. The molecule has 0 aromatic heterocycles. The second kappa shape index (κ2) is 8.70. The van der Waals surface area contributed by atoms with Gasteiger partial charge in [-0.25, -0.2) is 0 Å². The molecule has 5 nitrogen and oxygen atoms in total. The highest BCUT2D eigenvalue weighted by atomic mass is 35.5. The largest absolute Gasteiger partial charge is 0.339 e. The highest BCUT2D eigenvalue weighted by Gasteiger charge is 2.29. The van der Waals surface area contributed by atoms with E-state index in [0.717, 1.165) is 25.9 Å². The molecule has 0 atom stereocenters. The molecular formula is C17H23Cl2N3O2. The maximum atomic E-state index is 12.5. The molecule has 7 heteroatoms. The van der Waals surface area contributed by atoms with E-state index in [1.165, 1.54) is 0 Å². The number of benzene rings is 1. The summed E-state index contributed by atoms with van der Waals surface area (Å²) < 4.78 is 0. The van der Waals surface area contributed by atoms with E-state index in [4.69, 9.17) is 11.6 Å². The van der Waals surface area contributed by atoms with Gasteiger partial charge in [-0.3, -0.25) is 9.59 Å². The van der Waals surface area contributed by atoms with Crippen molar-refractivity contribution in [1.82, 2.24) is 15.1 Å². The lowest BCUT2D eigenvalue weighted by Gasteiger charge is -2.37. The molecular weight excluding hydrogens is 349 g/mol. The van der Waals surface area contributed by atoms with Crippen LogP contribution < -0.4 is 5.32 Å². The summed E-state index contributed by atoms with van der Waals surface area (Å²) in [5, 5.41) is 3.85. The summed E-state index contributed by atoms with van der Waals surface area (Å²) in [6.45, 7) is 4.25. The summed E-state index contributed by atoms with van der Waals surface area (Å²) in [6.07, 6.45) is 1.83. The van der Waals surface area contributed by atoms with Crippen LogP contribution in [0, 0.1) is 5.92 Å². The predicted molar refractivity (Wildman–Crippen MR) is 96.8 cm³/mol. The van der Waals surface area contributed by atoms with E-state index in [9.17, 15) is 9.59 Å². The predicted octanol–water partition coefficient (Wildman–Crippen LogP) is 2.05. The lowest BCUT2D eigenvalue weighted by molar-refractivity contribution is -0.137. The Morgan fingerprint density at radius 3 is 2.29 bits per heavy atom. The third kappa shape index (κ3) is 4.41. The second-order valence-corrected chi connectivity index (χ2v) is 6.59. The fourth-order valence-electron chi connectivity index (χ4n) is 3.26. The first-order valence-corrected chi connectivity index (χ1v) is 8.57. The SMILES string of the molecule is Cl.O=C(c1cccc(Cl)c1)N1CCN(C(=O)C2CCNCC2)CC1. The summed E-state index contributed by atoms with van der Waals surface area (Å²) in [5.41, 5.74) is 0.607. The maximum Gasteiger partial charge on any atom is 0.254 e. The zero-order chi connectivity index (χ0) is 16.2. The summed E-state index contributed by atoms with van der Waals surface area (Å²) >= 11 is 5.95. The van der Waals surface area contributed by atoms with Gasteiger partial charge in [-0.2, -0.15) is 0 Å². The minimum absolute atomic E-state index is 0. The minimum atomic E-state index is -0.0125. The second-order valence-electron chi connectivity index (χ2n) is 6.15. The van der Waals surface area contributed by atoms with Gasteiger partial charge in [0.25, 0.3) is 5.91 Å². The molecule has 0 saturated carbocycles. The van der Waals surface area contributed by atoms with E-state index in [2.05, 4.69) is 5.32 Å². The number of carbonyl (C=O) groups is 2. The molecule has 0 radical (unpaired) electrons. The van der Waals surface area contributed by atoms with Crippen LogP contribution in [0.15, 0.2) is 24.3 Å². The molecule has 24 heavy (non-hydrogen) atoms. The summed E-state index contributed by atoms with van der Waals surface area (Å²) in [5.74, 6) is 0.384. The van der Waals surface area contributed by atoms with Crippen LogP contribution in [0.1, 0.15) is 23.2 Å². The molecule has 132 valence electrons. The quantitative estimate of drug-likeness (QED) is 0.865. The van der Waals surface area contributed by atoms with E-state index in [1.54, 1.807) is 29.2 Å². The van der Waals surface area contributed by atoms with Crippen molar-refractivity contribution in [3.63, 3.8) is 0 Å². The summed E-state index contributed by atoms with van der Waals surface area (Å²) in [7, 11) is 0. The van der Waals surface area contributed by atoms with Crippen molar-refractivity contribution in [1.29, 1.82) is 0 Å². The molecule has 1 N–H and O–H groups in total. The molecule has 1 aromatic rings. The van der Waals surface area contributed by atoms with E-state index in [-0.39, 0.29) is 30.1 Å². The number of amides is 2. The first-order valence-electron chi connectivity index (χ1n) is 8.19. The van der Waals surface area contributed by atoms with Crippen molar-refractivity contribution in [3.05, 3.63) is 34.9 Å². The third-order valence-electron chi connectivity index (χ3n) is 4.64. The van der Waals surface area contributed by atoms with E-state index < -0.39 is 0 Å². The van der Waals surface area contributed by atoms with Crippen molar-refractivity contribution < 1.29 is 9.59 Å². The molecule has 1 aromatic carbocycles. The number of piperidine rings is 1. The van der Waals surface area contributed by atoms with Crippen LogP contribution >= 0.6 is 24.0 Å². The minimum Gasteiger partial charge on any atom is -0.339 e. The third-order valence-corrected chi connectivity index (χ3v) is 4.87. The van der Waals surface area contributed by atoms with Gasteiger partial charge in [0, 0.05) is 42.7 Å². The van der Waals surface area contributed by atoms with Crippen LogP contribution in [0.3, 0.4) is 0 Å². The number of hydrogen-bond acceptors (Lipinski definition) is 3. The normalized spacial score (nSPS) is 18.9. The summed E-state index contributed by atoms with van der Waals surface area (Å²) in [6, 6.07) is 7.01. The molecule has 0 bridgehead atoms. The topological polar surface area (TPSA) is 52.7 Å². The van der Waals surface area contributed by atoms with E-state index in [1.807, 2.05) is 4.90 Å². The molecule has 0 aliphatic carbocycles. The van der Waals surface area contributed by atoms with E-state index in [0.29, 0.717) is 36.8 Å². The van der Waals surface area contributed by atoms with Crippen LogP contribution in [0.5, 0.6) is 0 Å². The van der Waals surface area contributed by atoms with E-state index >= 15 is 0 Å². The number of nitrogens with one attached hydrogen (secondary N) is 1. The molecule has 2 saturated heterocycles. The molecule has 0 spiro atoms. The van der Waals surface area contributed by atoms with Gasteiger partial charge in [-0.1, -0.05) is 17.7 Å². The fraction of sp³-hybridized carbons (Fsp3) is 0.529. The van der Waals surface area contributed by atoms with Crippen LogP contribution in [0.2, 0.25) is 5.02 Å².